The number of nitrogens with zero attached hydrogens (tertiary/aromatic N) is 1. The van der Waals surface area contributed by atoms with Crippen molar-refractivity contribution in [3.63, 3.8) is 0 Å². The van der Waals surface area contributed by atoms with Gasteiger partial charge >= 0.3 is 0 Å². The Balaban J connectivity index is 0.000000110. The van der Waals surface area contributed by atoms with Gasteiger partial charge in [0.2, 0.25) is 0 Å². The first-order chi connectivity index (χ1) is 50.6. The van der Waals surface area contributed by atoms with E-state index in [0.29, 0.717) is 0 Å². The third kappa shape index (κ3) is 11.3. The van der Waals surface area contributed by atoms with E-state index in [2.05, 4.69) is 393 Å². The molecule has 0 N–H and O–H groups in total. The molecule has 0 radical (unpaired) electrons. The van der Waals surface area contributed by atoms with Crippen LogP contribution in [-0.2, 0) is 0 Å². The minimum atomic E-state index is 1.13. The van der Waals surface area contributed by atoms with Crippen LogP contribution in [0, 0.1) is 0 Å². The van der Waals surface area contributed by atoms with Gasteiger partial charge in [-0.05, 0) is 204 Å². The highest BCUT2D eigenvalue weighted by atomic mass is 14.6. The minimum absolute atomic E-state index is 1.13. The Morgan fingerprint density at radius 2 is 0.392 bits per heavy atom. The van der Waals surface area contributed by atoms with Gasteiger partial charge in [-0.15, -0.1) is 0 Å². The highest BCUT2D eigenvalue weighted by molar-refractivity contribution is 6.24. The van der Waals surface area contributed by atoms with Crippen molar-refractivity contribution in [2.24, 2.45) is 0 Å². The summed E-state index contributed by atoms with van der Waals surface area (Å²) in [6, 6.07) is 142. The summed E-state index contributed by atoms with van der Waals surface area (Å²) >= 11 is 0. The maximum atomic E-state index is 4.28. The monoisotopic (exact) mass is 1290 g/mol. The predicted octanol–water partition coefficient (Wildman–Crippen LogP) is 28.2. The molecule has 0 spiro atoms. The zero-order valence-electron chi connectivity index (χ0n) is 56.1. The number of hydrogen-bond acceptors (Lipinski definition) is 1. The Morgan fingerprint density at radius 1 is 0.137 bits per heavy atom. The third-order valence-corrected chi connectivity index (χ3v) is 20.4. The normalized spacial score (nSPS) is 11.3. The van der Waals surface area contributed by atoms with Gasteiger partial charge in [-0.2, -0.15) is 0 Å². The summed E-state index contributed by atoms with van der Waals surface area (Å²) < 4.78 is 0. The maximum absolute atomic E-state index is 4.28. The first kappa shape index (κ1) is 61.0. The van der Waals surface area contributed by atoms with Crippen LogP contribution in [-0.4, -0.2) is 4.98 Å². The van der Waals surface area contributed by atoms with Crippen molar-refractivity contribution in [3.05, 3.63) is 407 Å². The quantitative estimate of drug-likeness (QED) is 0.138. The van der Waals surface area contributed by atoms with E-state index in [0.717, 1.165) is 5.56 Å². The summed E-state index contributed by atoms with van der Waals surface area (Å²) in [4.78, 5) is 4.28. The first-order valence-corrected chi connectivity index (χ1v) is 35.1. The molecule has 1 heteroatoms. The molecule has 1 heterocycles. The number of fused-ring (bicyclic) bond motifs is 9. The van der Waals surface area contributed by atoms with Crippen molar-refractivity contribution in [2.75, 3.05) is 0 Å². The SMILES string of the molecule is c1ccc(-c2c3ccccc3c(-c3ccc(-c4cccc5ccccc45)cc3)c3ccccc23)cc1.c1ccc(-c2c3ccccc3c(-c3ccc4ccccc4c3)c3ccccc23)cc1.c1cncc(-c2ccc(-c3c4ccccc4c(-c4ccc5ccccc5c4)c4ccccc34)cc2)c1. The summed E-state index contributed by atoms with van der Waals surface area (Å²) in [5.41, 5.74) is 20.1. The van der Waals surface area contributed by atoms with E-state index in [9.17, 15) is 0 Å². The molecule has 0 atom stereocenters. The smallest absolute Gasteiger partial charge is 0.0346 e. The van der Waals surface area contributed by atoms with Crippen molar-refractivity contribution < 1.29 is 0 Å². The van der Waals surface area contributed by atoms with Crippen molar-refractivity contribution in [1.82, 2.24) is 4.98 Å². The number of hydrogen-bond donors (Lipinski definition) is 0. The Bertz CT molecular complexity index is 6340. The molecule has 0 amide bonds. The van der Waals surface area contributed by atoms with Crippen LogP contribution in [0.5, 0.6) is 0 Å². The zero-order valence-corrected chi connectivity index (χ0v) is 56.1. The second-order valence-corrected chi connectivity index (χ2v) is 26.3. The van der Waals surface area contributed by atoms with E-state index < -0.39 is 0 Å². The van der Waals surface area contributed by atoms with Crippen molar-refractivity contribution in [3.8, 4) is 89.0 Å². The average Bonchev–Trinajstić information content (AvgIpc) is 0.747. The fraction of sp³-hybridized carbons (Fsp3) is 0. The zero-order chi connectivity index (χ0) is 67.7. The van der Waals surface area contributed by atoms with Crippen LogP contribution in [0.15, 0.2) is 407 Å². The van der Waals surface area contributed by atoms with E-state index in [1.807, 2.05) is 18.5 Å². The largest absolute Gasteiger partial charge is 0.264 e. The summed E-state index contributed by atoms with van der Waals surface area (Å²) in [7, 11) is 0. The molecule has 0 aliphatic heterocycles. The summed E-state index contributed by atoms with van der Waals surface area (Å²) in [5, 5.41) is 23.1. The second-order valence-electron chi connectivity index (χ2n) is 26.3. The molecule has 0 unspecified atom stereocenters. The fourth-order valence-electron chi connectivity index (χ4n) is 15.8. The van der Waals surface area contributed by atoms with E-state index in [1.54, 1.807) is 0 Å². The molecule has 0 saturated heterocycles. The van der Waals surface area contributed by atoms with Crippen molar-refractivity contribution in [1.29, 1.82) is 0 Å². The number of rotatable bonds is 8. The minimum Gasteiger partial charge on any atom is -0.264 e. The van der Waals surface area contributed by atoms with Crippen LogP contribution in [0.3, 0.4) is 0 Å². The van der Waals surface area contributed by atoms with Gasteiger partial charge in [0.25, 0.3) is 0 Å². The highest BCUT2D eigenvalue weighted by Crippen LogP contribution is 2.48. The lowest BCUT2D eigenvalue weighted by atomic mass is 9.85. The highest BCUT2D eigenvalue weighted by Gasteiger charge is 2.21. The van der Waals surface area contributed by atoms with Crippen LogP contribution in [0.2, 0.25) is 0 Å². The Hall–Kier alpha value is -13.3. The Kier molecular flexibility index (Phi) is 16.1. The van der Waals surface area contributed by atoms with Crippen LogP contribution < -0.4 is 0 Å². The van der Waals surface area contributed by atoms with E-state index in [-0.39, 0.29) is 0 Å². The molecule has 102 heavy (non-hydrogen) atoms. The van der Waals surface area contributed by atoms with Gasteiger partial charge in [-0.3, -0.25) is 4.98 Å². The van der Waals surface area contributed by atoms with Gasteiger partial charge in [0.15, 0.2) is 0 Å². The van der Waals surface area contributed by atoms with Gasteiger partial charge < -0.3 is 0 Å². The molecule has 0 aliphatic rings. The van der Waals surface area contributed by atoms with E-state index >= 15 is 0 Å². The van der Waals surface area contributed by atoms with Gasteiger partial charge in [0.05, 0.1) is 0 Å². The molecule has 0 fully saturated rings. The first-order valence-electron chi connectivity index (χ1n) is 35.1. The molecule has 20 rings (SSSR count). The average molecular weight is 1290 g/mol. The van der Waals surface area contributed by atoms with Gasteiger partial charge in [-0.25, -0.2) is 0 Å². The lowest BCUT2D eigenvalue weighted by Crippen LogP contribution is -1.91. The molecular formula is C101H67N. The molecule has 1 nitrogen and oxygen atoms in total. The predicted molar refractivity (Wildman–Crippen MR) is 438 cm³/mol. The summed E-state index contributed by atoms with van der Waals surface area (Å²) in [5.74, 6) is 0. The molecule has 20 aromatic rings. The lowest BCUT2D eigenvalue weighted by Gasteiger charge is -2.18. The van der Waals surface area contributed by atoms with E-state index in [1.165, 1.54) is 180 Å². The van der Waals surface area contributed by atoms with E-state index in [4.69, 9.17) is 0 Å². The lowest BCUT2D eigenvalue weighted by molar-refractivity contribution is 1.33. The van der Waals surface area contributed by atoms with Crippen LogP contribution >= 0.6 is 0 Å². The molecule has 0 aliphatic carbocycles. The standard InChI is InChI=1S/C36H24.C35H23N.C30H20/c1-2-12-27(13-3-1)35-31-16-6-8-18-33(31)36(34-19-9-7-17-32(34)35)28-23-21-26(22-24-28)30-20-10-14-25-11-4-5-15-29(25)30;1-2-9-27-22-28(20-17-24(27)8-1)35-32-13-5-3-11-30(32)34(31-12-4-6-14-33(31)35)26-18-15-25(16-19-26)29-10-7-21-36-23-29;1-2-11-22(12-3-1)29-25-14-6-8-16-27(25)30(28-17-9-7-15-26(28)29)24-19-18-21-10-4-5-13-23(21)20-24/h1-24H;1-23H;1-20H. The Labute approximate surface area is 593 Å². The number of benzene rings is 19. The molecular weight excluding hydrogens is 1230 g/mol. The Morgan fingerprint density at radius 3 is 0.745 bits per heavy atom. The van der Waals surface area contributed by atoms with Crippen LogP contribution in [0.4, 0.5) is 0 Å². The molecule has 0 bridgehead atoms. The molecule has 19 aromatic carbocycles. The summed E-state index contributed by atoms with van der Waals surface area (Å²) in [6.07, 6.45) is 3.73. The van der Waals surface area contributed by atoms with Crippen LogP contribution in [0.25, 0.3) is 186 Å². The third-order valence-electron chi connectivity index (χ3n) is 20.4. The second kappa shape index (κ2) is 26.8. The fourth-order valence-corrected chi connectivity index (χ4v) is 15.8. The topological polar surface area (TPSA) is 12.9 Å². The van der Waals surface area contributed by atoms with Crippen LogP contribution in [0.1, 0.15) is 0 Å². The molecule has 0 saturated carbocycles. The molecule has 476 valence electrons. The van der Waals surface area contributed by atoms with Gasteiger partial charge in [0, 0.05) is 12.4 Å². The van der Waals surface area contributed by atoms with Gasteiger partial charge in [-0.1, -0.05) is 376 Å². The van der Waals surface area contributed by atoms with Crippen molar-refractivity contribution >= 4 is 97.0 Å². The molecule has 1 aromatic heterocycles. The maximum Gasteiger partial charge on any atom is 0.0346 e. The summed E-state index contributed by atoms with van der Waals surface area (Å²) in [6.45, 7) is 0. The van der Waals surface area contributed by atoms with Crippen molar-refractivity contribution in [2.45, 2.75) is 0 Å². The number of pyridine rings is 1. The van der Waals surface area contributed by atoms with Gasteiger partial charge in [0.1, 0.15) is 0 Å². The number of aromatic nitrogens is 1.